The summed E-state index contributed by atoms with van der Waals surface area (Å²) in [5.74, 6) is 0. The van der Waals surface area contributed by atoms with Crippen molar-refractivity contribution in [2.45, 2.75) is 0 Å². The van der Waals surface area contributed by atoms with Crippen LogP contribution in [-0.2, 0) is 0 Å². The van der Waals surface area contributed by atoms with E-state index in [1.165, 1.54) is 130 Å². The van der Waals surface area contributed by atoms with Crippen molar-refractivity contribution in [3.05, 3.63) is 278 Å². The minimum absolute atomic E-state index is 1.17. The fourth-order valence-electron chi connectivity index (χ4n) is 10.5. The number of hydrogen-bond acceptors (Lipinski definition) is 2. The first-order chi connectivity index (χ1) is 35.7. The Labute approximate surface area is 428 Å². The Kier molecular flexibility index (Phi) is 11.4. The van der Waals surface area contributed by atoms with E-state index in [1.807, 2.05) is 22.7 Å². The molecule has 0 N–H and O–H groups in total. The lowest BCUT2D eigenvalue weighted by molar-refractivity contribution is 1.61. The first-order valence-electron chi connectivity index (χ1n) is 24.5. The van der Waals surface area contributed by atoms with Crippen LogP contribution in [0.25, 0.3) is 131 Å². The summed E-state index contributed by atoms with van der Waals surface area (Å²) in [7, 11) is 0. The molecule has 0 aliphatic heterocycles. The Hall–Kier alpha value is -8.66. The predicted molar refractivity (Wildman–Crippen MR) is 314 cm³/mol. The first kappa shape index (κ1) is 43.4. The molecule has 0 fully saturated rings. The van der Waals surface area contributed by atoms with Crippen molar-refractivity contribution < 1.29 is 0 Å². The van der Waals surface area contributed by atoms with Crippen LogP contribution in [0.4, 0.5) is 0 Å². The van der Waals surface area contributed by atoms with Crippen LogP contribution in [0, 0.1) is 0 Å². The van der Waals surface area contributed by atoms with Gasteiger partial charge in [0.15, 0.2) is 0 Å². The molecule has 0 aliphatic carbocycles. The second-order valence-corrected chi connectivity index (χ2v) is 20.5. The summed E-state index contributed by atoms with van der Waals surface area (Å²) < 4.78 is 0. The molecule has 0 unspecified atom stereocenters. The highest BCUT2D eigenvalue weighted by molar-refractivity contribution is 7.19. The van der Waals surface area contributed by atoms with Crippen molar-refractivity contribution in [3.63, 3.8) is 0 Å². The fourth-order valence-corrected chi connectivity index (χ4v) is 12.5. The Morgan fingerprint density at radius 3 is 1.15 bits per heavy atom. The summed E-state index contributed by atoms with van der Waals surface area (Å²) in [4.78, 5) is 5.06. The van der Waals surface area contributed by atoms with E-state index in [4.69, 9.17) is 0 Å². The molecule has 13 rings (SSSR count). The summed E-state index contributed by atoms with van der Waals surface area (Å²) >= 11 is 3.70. The molecule has 0 aliphatic rings. The average Bonchev–Trinajstić information content (AvgIpc) is 4.17. The molecule has 0 radical (unpaired) electrons. The van der Waals surface area contributed by atoms with Crippen molar-refractivity contribution in [3.8, 4) is 86.3 Å². The maximum Gasteiger partial charge on any atom is 0.0349 e. The van der Waals surface area contributed by atoms with Gasteiger partial charge >= 0.3 is 0 Å². The third-order valence-electron chi connectivity index (χ3n) is 13.9. The number of benzene rings is 11. The van der Waals surface area contributed by atoms with Gasteiger partial charge in [-0.2, -0.15) is 0 Å². The maximum atomic E-state index is 2.47. The van der Waals surface area contributed by atoms with Crippen molar-refractivity contribution >= 4 is 67.1 Å². The Bertz CT molecular complexity index is 4140. The van der Waals surface area contributed by atoms with Crippen molar-refractivity contribution in [2.24, 2.45) is 0 Å². The first-order valence-corrected chi connectivity index (χ1v) is 26.2. The number of fused-ring (bicyclic) bond motifs is 3. The van der Waals surface area contributed by atoms with E-state index in [1.54, 1.807) is 0 Å². The van der Waals surface area contributed by atoms with Crippen LogP contribution < -0.4 is 0 Å². The van der Waals surface area contributed by atoms with Crippen LogP contribution in [0.15, 0.2) is 267 Å². The summed E-state index contributed by atoms with van der Waals surface area (Å²) in [6, 6.07) is 98.1. The fraction of sp³-hybridized carbons (Fsp3) is 0. The Morgan fingerprint density at radius 1 is 0.208 bits per heavy atom. The number of thiophene rings is 2. The lowest BCUT2D eigenvalue weighted by Gasteiger charge is -2.20. The third kappa shape index (κ3) is 8.27. The van der Waals surface area contributed by atoms with E-state index in [0.717, 1.165) is 0 Å². The van der Waals surface area contributed by atoms with Crippen LogP contribution in [0.5, 0.6) is 0 Å². The quantitative estimate of drug-likeness (QED) is 0.0947. The third-order valence-corrected chi connectivity index (χ3v) is 16.3. The predicted octanol–water partition coefficient (Wildman–Crippen LogP) is 20.8. The molecule has 2 aromatic heterocycles. The molecule has 0 spiro atoms. The molecule has 0 saturated heterocycles. The zero-order valence-corrected chi connectivity index (χ0v) is 41.0. The monoisotopic (exact) mass is 950 g/mol. The Morgan fingerprint density at radius 2 is 0.583 bits per heavy atom. The molecule has 2 heterocycles. The van der Waals surface area contributed by atoms with E-state index in [0.29, 0.717) is 0 Å². The van der Waals surface area contributed by atoms with Gasteiger partial charge in [-0.15, -0.1) is 22.7 Å². The van der Waals surface area contributed by atoms with Gasteiger partial charge in [0, 0.05) is 19.5 Å². The van der Waals surface area contributed by atoms with Gasteiger partial charge in [-0.25, -0.2) is 0 Å². The van der Waals surface area contributed by atoms with Gasteiger partial charge in [0.1, 0.15) is 0 Å². The van der Waals surface area contributed by atoms with E-state index in [9.17, 15) is 0 Å². The lowest BCUT2D eigenvalue weighted by Crippen LogP contribution is -1.93. The molecular formula is C70H46S2. The van der Waals surface area contributed by atoms with Crippen molar-refractivity contribution in [1.82, 2.24) is 0 Å². The molecule has 13 aromatic rings. The van der Waals surface area contributed by atoms with Crippen LogP contribution in [-0.4, -0.2) is 0 Å². The number of hydrogen-bond donors (Lipinski definition) is 0. The molecule has 0 nitrogen and oxygen atoms in total. The minimum Gasteiger partial charge on any atom is -0.135 e. The van der Waals surface area contributed by atoms with Gasteiger partial charge in [-0.1, -0.05) is 231 Å². The second-order valence-electron chi connectivity index (χ2n) is 18.4. The molecule has 11 aromatic carbocycles. The highest BCUT2D eigenvalue weighted by Gasteiger charge is 2.20. The zero-order valence-electron chi connectivity index (χ0n) is 39.4. The van der Waals surface area contributed by atoms with E-state index < -0.39 is 0 Å². The van der Waals surface area contributed by atoms with E-state index >= 15 is 0 Å². The van der Waals surface area contributed by atoms with Crippen LogP contribution >= 0.6 is 22.7 Å². The molecule has 0 bridgehead atoms. The van der Waals surface area contributed by atoms with Gasteiger partial charge in [0.25, 0.3) is 0 Å². The van der Waals surface area contributed by atoms with E-state index in [-0.39, 0.29) is 0 Å². The van der Waals surface area contributed by atoms with Gasteiger partial charge in [-0.05, 0) is 159 Å². The molecule has 0 atom stereocenters. The largest absolute Gasteiger partial charge is 0.135 e. The van der Waals surface area contributed by atoms with Crippen LogP contribution in [0.3, 0.4) is 0 Å². The zero-order chi connectivity index (χ0) is 47.8. The minimum atomic E-state index is 1.17. The van der Waals surface area contributed by atoms with Crippen LogP contribution in [0.1, 0.15) is 11.1 Å². The highest BCUT2D eigenvalue weighted by atomic mass is 32.1. The molecule has 338 valence electrons. The summed E-state index contributed by atoms with van der Waals surface area (Å²) in [6.07, 6.45) is 4.39. The Balaban J connectivity index is 0.986. The topological polar surface area (TPSA) is 0 Å². The summed E-state index contributed by atoms with van der Waals surface area (Å²) in [6.45, 7) is 0. The molecular weight excluding hydrogens is 905 g/mol. The van der Waals surface area contributed by atoms with Gasteiger partial charge in [0.05, 0.1) is 0 Å². The average molecular weight is 951 g/mol. The molecule has 0 amide bonds. The van der Waals surface area contributed by atoms with Crippen LogP contribution in [0.2, 0.25) is 0 Å². The summed E-state index contributed by atoms with van der Waals surface area (Å²) in [5.41, 5.74) is 17.0. The van der Waals surface area contributed by atoms with Crippen molar-refractivity contribution in [2.75, 3.05) is 0 Å². The standard InChI is InChI=1S/C70H46S2/c1-4-17-47(18-5-1)35-36-48-19-12-24-51(43-48)57-31-15-34-60-58(32-16-33-59(57)60)52-37-38-63-64(46-52)70(56-28-14-26-54(45-56)68-42-40-66(72-68)50-22-8-3-9-23-50)62-30-11-10-29-61(62)69(63)55-27-13-25-53(44-55)67-41-39-65(71-67)49-20-6-2-7-21-49/h1-46H/b36-35+. The van der Waals surface area contributed by atoms with Gasteiger partial charge in [0.2, 0.25) is 0 Å². The summed E-state index contributed by atoms with van der Waals surface area (Å²) in [5, 5.41) is 7.40. The van der Waals surface area contributed by atoms with Crippen molar-refractivity contribution in [1.29, 1.82) is 0 Å². The van der Waals surface area contributed by atoms with Gasteiger partial charge < -0.3 is 0 Å². The molecule has 0 saturated carbocycles. The second kappa shape index (κ2) is 18.9. The lowest BCUT2D eigenvalue weighted by atomic mass is 9.84. The maximum absolute atomic E-state index is 2.47. The molecule has 2 heteroatoms. The SMILES string of the molecule is C(=C\c1cccc(-c2cccc3c(-c4ccc5c(-c6cccc(-c7ccc(-c8ccccc8)s7)c6)c6ccccc6c(-c6cccc(-c7ccc(-c8ccccc8)s7)c6)c5c4)cccc23)c1)/c1ccccc1. The van der Waals surface area contributed by atoms with E-state index in [2.05, 4.69) is 279 Å². The highest BCUT2D eigenvalue weighted by Crippen LogP contribution is 2.48. The van der Waals surface area contributed by atoms with Gasteiger partial charge in [-0.3, -0.25) is 0 Å². The molecule has 72 heavy (non-hydrogen) atoms. The normalized spacial score (nSPS) is 11.6. The number of rotatable bonds is 10. The smallest absolute Gasteiger partial charge is 0.0349 e.